The van der Waals surface area contributed by atoms with Gasteiger partial charge in [0.25, 0.3) is 0 Å². The number of aromatic nitrogens is 2. The van der Waals surface area contributed by atoms with Crippen molar-refractivity contribution >= 4 is 43.4 Å². The van der Waals surface area contributed by atoms with Crippen LogP contribution in [0.2, 0.25) is 0 Å². The monoisotopic (exact) mass is 873 g/mol. The molecule has 6 nitrogen and oxygen atoms in total. The van der Waals surface area contributed by atoms with Gasteiger partial charge in [-0.05, 0) is 68.8 Å². The van der Waals surface area contributed by atoms with Gasteiger partial charge in [0.1, 0.15) is 37.4 Å². The van der Waals surface area contributed by atoms with E-state index in [1.54, 1.807) is 0 Å². The summed E-state index contributed by atoms with van der Waals surface area (Å²) in [5, 5.41) is 7.85. The molecule has 6 saturated heterocycles. The van der Waals surface area contributed by atoms with Crippen molar-refractivity contribution in [3.8, 4) is 0 Å². The first kappa shape index (κ1) is 42.8. The number of para-hydroxylation sites is 2. The third-order valence-corrected chi connectivity index (χ3v) is 16.9. The number of ether oxygens (including phenoxy) is 2. The molecule has 0 saturated carbocycles. The fourth-order valence-electron chi connectivity index (χ4n) is 13.9. The van der Waals surface area contributed by atoms with E-state index in [1.165, 1.54) is 67.4 Å². The van der Waals surface area contributed by atoms with E-state index in [-0.39, 0.29) is 24.3 Å². The van der Waals surface area contributed by atoms with Crippen LogP contribution in [0.5, 0.6) is 0 Å². The van der Waals surface area contributed by atoms with Crippen LogP contribution < -0.4 is 0 Å². The zero-order chi connectivity index (χ0) is 44.8. The Kier molecular flexibility index (Phi) is 11.6. The zero-order valence-electron chi connectivity index (χ0n) is 38.4. The maximum absolute atomic E-state index is 7.03. The van der Waals surface area contributed by atoms with Crippen molar-refractivity contribution in [3.63, 3.8) is 0 Å². The molecule has 0 spiro atoms. The number of benzene rings is 5. The smallest absolute Gasteiger partial charge is 0.135 e. The van der Waals surface area contributed by atoms with Gasteiger partial charge in [0.15, 0.2) is 0 Å². The van der Waals surface area contributed by atoms with Crippen molar-refractivity contribution in [2.75, 3.05) is 39.4 Å². The number of rotatable bonds is 16. The number of nitrogens with zero attached hydrogens (tertiary/aromatic N) is 4. The second-order valence-corrected chi connectivity index (χ2v) is 20.0. The Bertz CT molecular complexity index is 2710. The highest BCUT2D eigenvalue weighted by Crippen LogP contribution is 2.53. The first-order valence-electron chi connectivity index (χ1n) is 24.5. The summed E-state index contributed by atoms with van der Waals surface area (Å²) in [5.41, 5.74) is 7.40. The molecule has 7 aromatic rings. The molecular formula is C60H64N4O2+2. The molecule has 2 aromatic heterocycles. The average molecular weight is 873 g/mol. The van der Waals surface area contributed by atoms with E-state index in [2.05, 4.69) is 148 Å². The molecular weight excluding hydrogens is 809 g/mol. The molecule has 13 rings (SSSR count). The minimum Gasteiger partial charge on any atom is -0.363 e. The molecule has 2 unspecified atom stereocenters. The largest absolute Gasteiger partial charge is 0.363 e. The Morgan fingerprint density at radius 3 is 1.27 bits per heavy atom. The standard InChI is InChI=1S/C60H64N4O2/c1-5-33-65-59(51-25-29-61-55-23-15-13-21-49(51)55)57-35-43-27-31-63(57,37-41(43)7-3)39-53-45-17-9-11-19-47(45)54(48-20-12-10-18-46(48)53)40-64-32-28-44(42(8-4)38-64)36-58(64)60(66-34-6-2)52-26-30-62-56-24-16-14-22-50(52)56/h5-26,29-30,41-44,57-60H,1-4,27-28,31-40H2/q+2/t41-,42-,43-,44-,57-,58-,59+,60+,63?,64?/m0/s1. The molecule has 0 amide bonds. The normalized spacial score (nSPS) is 27.8. The Morgan fingerprint density at radius 1 is 0.515 bits per heavy atom. The van der Waals surface area contributed by atoms with E-state index in [9.17, 15) is 0 Å². The highest BCUT2D eigenvalue weighted by Gasteiger charge is 2.57. The Morgan fingerprint density at radius 2 is 0.894 bits per heavy atom. The van der Waals surface area contributed by atoms with E-state index in [0.29, 0.717) is 36.9 Å². The molecule has 0 N–H and O–H groups in total. The third kappa shape index (κ3) is 7.25. The summed E-state index contributed by atoms with van der Waals surface area (Å²) in [6.07, 6.45) is 16.7. The summed E-state index contributed by atoms with van der Waals surface area (Å²) in [7, 11) is 0. The van der Waals surface area contributed by atoms with E-state index < -0.39 is 0 Å². The first-order valence-corrected chi connectivity index (χ1v) is 24.5. The molecule has 6 aliphatic heterocycles. The van der Waals surface area contributed by atoms with Crippen LogP contribution in [0.4, 0.5) is 0 Å². The van der Waals surface area contributed by atoms with Crippen LogP contribution in [0.25, 0.3) is 43.4 Å². The average Bonchev–Trinajstić information content (AvgIpc) is 3.38. The molecule has 4 bridgehead atoms. The summed E-state index contributed by atoms with van der Waals surface area (Å²) < 4.78 is 16.0. The van der Waals surface area contributed by atoms with Gasteiger partial charge in [0, 0.05) is 71.8 Å². The predicted octanol–water partition coefficient (Wildman–Crippen LogP) is 12.8. The molecule has 66 heavy (non-hydrogen) atoms. The van der Waals surface area contributed by atoms with Crippen LogP contribution in [-0.4, -0.2) is 70.4 Å². The number of piperidine rings is 6. The van der Waals surface area contributed by atoms with Crippen LogP contribution in [-0.2, 0) is 22.6 Å². The minimum absolute atomic E-state index is 0.109. The number of quaternary nitrogens is 2. The maximum Gasteiger partial charge on any atom is 0.135 e. The molecule has 10 atom stereocenters. The third-order valence-electron chi connectivity index (χ3n) is 16.9. The SMILES string of the molecule is C=CCO[C@H](c1ccnc2ccccc12)[C@@H]1C[C@@H]2CC[N+]1(Cc1c3ccccc3c(C[N+]34CC[C@@H](C[C@H]3[C@H](OCC=C)c3ccnc5ccccc35)[C@@H](C=C)C4)c3ccccc13)C[C@@H]2C=C. The Labute approximate surface area is 390 Å². The van der Waals surface area contributed by atoms with Crippen LogP contribution in [0.15, 0.2) is 172 Å². The Balaban J connectivity index is 1.06. The molecule has 5 aromatic carbocycles. The molecule has 334 valence electrons. The Hall–Kier alpha value is -5.76. The minimum atomic E-state index is -0.109. The van der Waals surface area contributed by atoms with Crippen molar-refractivity contribution in [2.45, 2.75) is 63.1 Å². The van der Waals surface area contributed by atoms with Gasteiger partial charge in [-0.1, -0.05) is 109 Å². The number of pyridine rings is 2. The second kappa shape index (κ2) is 17.8. The van der Waals surface area contributed by atoms with Crippen molar-refractivity contribution < 1.29 is 18.4 Å². The van der Waals surface area contributed by atoms with Crippen molar-refractivity contribution in [1.82, 2.24) is 9.97 Å². The lowest BCUT2D eigenvalue weighted by atomic mass is 9.70. The summed E-state index contributed by atoms with van der Waals surface area (Å²) in [4.78, 5) is 9.58. The van der Waals surface area contributed by atoms with Crippen molar-refractivity contribution in [3.05, 3.63) is 194 Å². The zero-order valence-corrected chi connectivity index (χ0v) is 38.4. The highest BCUT2D eigenvalue weighted by atomic mass is 16.5. The lowest BCUT2D eigenvalue weighted by Crippen LogP contribution is -2.68. The molecule has 0 radical (unpaired) electrons. The van der Waals surface area contributed by atoms with E-state index in [4.69, 9.17) is 19.4 Å². The summed E-state index contributed by atoms with van der Waals surface area (Å²) >= 11 is 0. The van der Waals surface area contributed by atoms with Gasteiger partial charge in [0.05, 0.1) is 50.4 Å². The lowest BCUT2D eigenvalue weighted by Gasteiger charge is -2.59. The summed E-state index contributed by atoms with van der Waals surface area (Å²) in [6.45, 7) is 24.3. The highest BCUT2D eigenvalue weighted by molar-refractivity contribution is 6.05. The molecule has 6 fully saturated rings. The molecule has 8 heterocycles. The van der Waals surface area contributed by atoms with Gasteiger partial charge in [-0.3, -0.25) is 9.97 Å². The van der Waals surface area contributed by atoms with Gasteiger partial charge in [0.2, 0.25) is 0 Å². The predicted molar refractivity (Wildman–Crippen MR) is 271 cm³/mol. The maximum atomic E-state index is 7.03. The fourth-order valence-corrected chi connectivity index (χ4v) is 13.9. The second-order valence-electron chi connectivity index (χ2n) is 20.0. The summed E-state index contributed by atoms with van der Waals surface area (Å²) in [5.74, 6) is 2.10. The van der Waals surface area contributed by atoms with Gasteiger partial charge in [-0.15, -0.1) is 26.3 Å². The van der Waals surface area contributed by atoms with Gasteiger partial charge < -0.3 is 18.4 Å². The quantitative estimate of drug-likeness (QED) is 0.0551. The van der Waals surface area contributed by atoms with Gasteiger partial charge in [-0.2, -0.15) is 0 Å². The van der Waals surface area contributed by atoms with Crippen LogP contribution in [0.3, 0.4) is 0 Å². The first-order chi connectivity index (χ1) is 32.5. The van der Waals surface area contributed by atoms with Crippen molar-refractivity contribution in [1.29, 1.82) is 0 Å². The van der Waals surface area contributed by atoms with E-state index in [0.717, 1.165) is 72.1 Å². The van der Waals surface area contributed by atoms with E-state index >= 15 is 0 Å². The molecule has 6 heteroatoms. The number of hydrogen-bond acceptors (Lipinski definition) is 4. The van der Waals surface area contributed by atoms with Crippen molar-refractivity contribution in [2.24, 2.45) is 23.7 Å². The molecule has 6 aliphatic rings. The fraction of sp³-hybridized carbons (Fsp3) is 0.333. The lowest BCUT2D eigenvalue weighted by molar-refractivity contribution is -0.985. The summed E-state index contributed by atoms with van der Waals surface area (Å²) in [6, 6.07) is 40.8. The molecule has 0 aliphatic carbocycles. The van der Waals surface area contributed by atoms with Crippen LogP contribution in [0.1, 0.15) is 60.1 Å². The number of hydrogen-bond donors (Lipinski definition) is 0. The van der Waals surface area contributed by atoms with Gasteiger partial charge >= 0.3 is 0 Å². The van der Waals surface area contributed by atoms with Crippen LogP contribution in [0, 0.1) is 23.7 Å². The topological polar surface area (TPSA) is 44.2 Å². The van der Waals surface area contributed by atoms with E-state index in [1.807, 2.05) is 24.5 Å². The van der Waals surface area contributed by atoms with Crippen LogP contribution >= 0.6 is 0 Å². The number of fused-ring (bicyclic) bond motifs is 10. The van der Waals surface area contributed by atoms with Gasteiger partial charge in [-0.25, -0.2) is 0 Å².